The van der Waals surface area contributed by atoms with E-state index in [2.05, 4.69) is 92.5 Å². The van der Waals surface area contributed by atoms with Crippen LogP contribution in [0, 0.1) is 10.7 Å². The van der Waals surface area contributed by atoms with Crippen LogP contribution in [0.4, 0.5) is 0 Å². The molecule has 0 aromatic heterocycles. The molecule has 0 saturated carbocycles. The lowest BCUT2D eigenvalue weighted by Crippen LogP contribution is -1.94. The third-order valence-electron chi connectivity index (χ3n) is 1.45. The van der Waals surface area contributed by atoms with E-state index in [1.54, 1.807) is 0 Å². The fourth-order valence-electron chi connectivity index (χ4n) is 0.912. The molecular weight excluding hydrogens is 509 g/mol. The number of rotatable bonds is 2. The van der Waals surface area contributed by atoms with E-state index in [1.165, 1.54) is 16.3 Å². The lowest BCUT2D eigenvalue weighted by Gasteiger charge is -2.05. The Hall–Kier alpha value is 1.76. The Bertz CT molecular complexity index is 286. The predicted molar refractivity (Wildman–Crippen MR) is 82.2 cm³/mol. The Labute approximate surface area is 119 Å². The van der Waals surface area contributed by atoms with Crippen LogP contribution in [-0.2, 0) is 6.42 Å². The zero-order valence-electron chi connectivity index (χ0n) is 6.15. The summed E-state index contributed by atoms with van der Waals surface area (Å²) in [5.41, 5.74) is 1.42. The first-order valence-electron chi connectivity index (χ1n) is 3.39. The predicted octanol–water partition coefficient (Wildman–Crippen LogP) is 3.97. The lowest BCUT2D eigenvalue weighted by atomic mass is 10.2. The van der Waals surface area contributed by atoms with Crippen molar-refractivity contribution < 1.29 is 0 Å². The summed E-state index contributed by atoms with van der Waals surface area (Å²) in [7, 11) is 0. The molecule has 4 heteroatoms. The van der Waals surface area contributed by atoms with Gasteiger partial charge in [-0.25, -0.2) is 0 Å². The highest BCUT2D eigenvalue weighted by Gasteiger charge is 2.04. The fourth-order valence-corrected chi connectivity index (χ4v) is 3.70. The van der Waals surface area contributed by atoms with Crippen LogP contribution in [0.2, 0.25) is 0 Å². The first-order chi connectivity index (χ1) is 5.65. The van der Waals surface area contributed by atoms with Crippen molar-refractivity contribution in [3.63, 3.8) is 0 Å². The van der Waals surface area contributed by atoms with Gasteiger partial charge < -0.3 is 0 Å². The topological polar surface area (TPSA) is 0 Å². The minimum Gasteiger partial charge on any atom is -0.179 e. The van der Waals surface area contributed by atoms with Crippen LogP contribution in [0.1, 0.15) is 5.56 Å². The molecule has 0 radical (unpaired) electrons. The minimum atomic E-state index is 0.923. The fraction of sp³-hybridized carbons (Fsp3) is 0.250. The monoisotopic (exact) mass is 516 g/mol. The highest BCUT2D eigenvalue weighted by atomic mass is 127. The Morgan fingerprint density at radius 3 is 2.42 bits per heavy atom. The molecule has 0 aliphatic carbocycles. The molecule has 0 atom stereocenters. The highest BCUT2D eigenvalue weighted by Crippen LogP contribution is 2.23. The van der Waals surface area contributed by atoms with Crippen LogP contribution in [-0.4, -0.2) is 5.75 Å². The number of benzene rings is 1. The number of thiol groups is 1. The van der Waals surface area contributed by atoms with Gasteiger partial charge in [-0.15, -0.1) is 0 Å². The van der Waals surface area contributed by atoms with Crippen molar-refractivity contribution in [2.45, 2.75) is 6.42 Å². The second-order valence-corrected chi connectivity index (χ2v) is 6.27. The second kappa shape index (κ2) is 5.59. The van der Waals surface area contributed by atoms with Crippen molar-refractivity contribution in [2.75, 3.05) is 5.75 Å². The van der Waals surface area contributed by atoms with Gasteiger partial charge in [-0.2, -0.15) is 12.6 Å². The van der Waals surface area contributed by atoms with Gasteiger partial charge in [0.25, 0.3) is 0 Å². The molecule has 0 bridgehead atoms. The molecule has 1 aromatic rings. The van der Waals surface area contributed by atoms with E-state index < -0.39 is 0 Å². The van der Waals surface area contributed by atoms with Crippen LogP contribution in [0.25, 0.3) is 0 Å². The maximum absolute atomic E-state index is 4.24. The van der Waals surface area contributed by atoms with E-state index >= 15 is 0 Å². The summed E-state index contributed by atoms with van der Waals surface area (Å²) < 4.78 is 4.04. The van der Waals surface area contributed by atoms with Gasteiger partial charge in [-0.05, 0) is 97.6 Å². The van der Waals surface area contributed by atoms with Crippen molar-refractivity contribution in [3.8, 4) is 0 Å². The standard InChI is InChI=1S/C8H7I3S/c9-6-3-5(1-2-12)8(11)7(10)4-6/h3-4,12H,1-2H2. The van der Waals surface area contributed by atoms with Gasteiger partial charge in [-0.3, -0.25) is 0 Å². The lowest BCUT2D eigenvalue weighted by molar-refractivity contribution is 1.14. The Morgan fingerprint density at radius 2 is 1.83 bits per heavy atom. The molecule has 0 amide bonds. The molecule has 0 unspecified atom stereocenters. The van der Waals surface area contributed by atoms with Crippen LogP contribution < -0.4 is 0 Å². The van der Waals surface area contributed by atoms with Crippen molar-refractivity contribution >= 4 is 80.4 Å². The maximum atomic E-state index is 4.24. The zero-order chi connectivity index (χ0) is 9.14. The van der Waals surface area contributed by atoms with E-state index in [9.17, 15) is 0 Å². The van der Waals surface area contributed by atoms with Gasteiger partial charge in [0.2, 0.25) is 0 Å². The SMILES string of the molecule is SCCc1cc(I)cc(I)c1I. The smallest absolute Gasteiger partial charge is 0.0296 e. The molecule has 0 saturated heterocycles. The molecule has 0 nitrogen and oxygen atoms in total. The molecule has 0 fully saturated rings. The summed E-state index contributed by atoms with van der Waals surface area (Å²) in [6.07, 6.45) is 1.06. The molecule has 12 heavy (non-hydrogen) atoms. The Morgan fingerprint density at radius 1 is 1.17 bits per heavy atom. The zero-order valence-corrected chi connectivity index (χ0v) is 13.5. The molecule has 1 aromatic carbocycles. The molecule has 1 rings (SSSR count). The molecule has 0 heterocycles. The minimum absolute atomic E-state index is 0.923. The van der Waals surface area contributed by atoms with Gasteiger partial charge in [-0.1, -0.05) is 0 Å². The Balaban J connectivity index is 3.09. The van der Waals surface area contributed by atoms with Gasteiger partial charge in [0.05, 0.1) is 0 Å². The molecule has 0 N–H and O–H groups in total. The van der Waals surface area contributed by atoms with Crippen LogP contribution in [0.15, 0.2) is 12.1 Å². The van der Waals surface area contributed by atoms with E-state index in [0.29, 0.717) is 0 Å². The average Bonchev–Trinajstić information content (AvgIpc) is 2.00. The third kappa shape index (κ3) is 3.16. The van der Waals surface area contributed by atoms with Gasteiger partial charge in [0, 0.05) is 10.7 Å². The summed E-state index contributed by atoms with van der Waals surface area (Å²) >= 11 is 11.4. The number of hydrogen-bond donors (Lipinski definition) is 1. The van der Waals surface area contributed by atoms with E-state index in [0.717, 1.165) is 12.2 Å². The van der Waals surface area contributed by atoms with Gasteiger partial charge in [0.1, 0.15) is 0 Å². The Kier molecular flexibility index (Phi) is 5.52. The summed E-state index contributed by atoms with van der Waals surface area (Å²) in [5, 5.41) is 0. The highest BCUT2D eigenvalue weighted by molar-refractivity contribution is 14.1. The van der Waals surface area contributed by atoms with Gasteiger partial charge >= 0.3 is 0 Å². The maximum Gasteiger partial charge on any atom is 0.0296 e. The first-order valence-corrected chi connectivity index (χ1v) is 7.26. The second-order valence-electron chi connectivity index (χ2n) is 2.33. The quantitative estimate of drug-likeness (QED) is 0.344. The average molecular weight is 516 g/mol. The van der Waals surface area contributed by atoms with Crippen LogP contribution in [0.5, 0.6) is 0 Å². The van der Waals surface area contributed by atoms with Crippen molar-refractivity contribution in [1.82, 2.24) is 0 Å². The third-order valence-corrected chi connectivity index (χ3v) is 5.45. The molecule has 0 spiro atoms. The molecule has 66 valence electrons. The summed E-state index contributed by atoms with van der Waals surface area (Å²) in [6.45, 7) is 0. The van der Waals surface area contributed by atoms with E-state index in [1.807, 2.05) is 0 Å². The summed E-state index contributed by atoms with van der Waals surface area (Å²) in [5.74, 6) is 0.923. The number of hydrogen-bond acceptors (Lipinski definition) is 1. The largest absolute Gasteiger partial charge is 0.179 e. The first kappa shape index (κ1) is 11.8. The van der Waals surface area contributed by atoms with Crippen LogP contribution in [0.3, 0.4) is 0 Å². The van der Waals surface area contributed by atoms with Crippen LogP contribution >= 0.6 is 80.4 Å². The number of aryl methyl sites for hydroxylation is 1. The summed E-state index contributed by atoms with van der Waals surface area (Å²) in [6, 6.07) is 4.44. The normalized spacial score (nSPS) is 10.3. The molecule has 0 aliphatic rings. The molecular formula is C8H7I3S. The van der Waals surface area contributed by atoms with Crippen molar-refractivity contribution in [2.24, 2.45) is 0 Å². The van der Waals surface area contributed by atoms with Crippen molar-refractivity contribution in [3.05, 3.63) is 28.4 Å². The van der Waals surface area contributed by atoms with E-state index in [-0.39, 0.29) is 0 Å². The van der Waals surface area contributed by atoms with Crippen molar-refractivity contribution in [1.29, 1.82) is 0 Å². The number of halogens is 3. The summed E-state index contributed by atoms with van der Waals surface area (Å²) in [4.78, 5) is 0. The van der Waals surface area contributed by atoms with Gasteiger partial charge in [0.15, 0.2) is 0 Å². The van der Waals surface area contributed by atoms with E-state index in [4.69, 9.17) is 0 Å². The molecule has 0 aliphatic heterocycles.